The SMILES string of the molecule is CCC(C)NC(=O)Cn1cc(N)cn1. The summed E-state index contributed by atoms with van der Waals surface area (Å²) in [6, 6.07) is 0.204. The molecule has 3 N–H and O–H groups in total. The average molecular weight is 196 g/mol. The lowest BCUT2D eigenvalue weighted by Gasteiger charge is -2.10. The highest BCUT2D eigenvalue weighted by Gasteiger charge is 2.06. The zero-order valence-corrected chi connectivity index (χ0v) is 8.53. The lowest BCUT2D eigenvalue weighted by atomic mass is 10.2. The summed E-state index contributed by atoms with van der Waals surface area (Å²) in [6.07, 6.45) is 4.08. The predicted molar refractivity (Wildman–Crippen MR) is 54.5 cm³/mol. The fraction of sp³-hybridized carbons (Fsp3) is 0.556. The Kier molecular flexibility index (Phi) is 3.50. The average Bonchev–Trinajstić information content (AvgIpc) is 2.50. The molecule has 1 heterocycles. The minimum atomic E-state index is -0.0394. The van der Waals surface area contributed by atoms with E-state index in [1.54, 1.807) is 6.20 Å². The van der Waals surface area contributed by atoms with E-state index in [9.17, 15) is 4.79 Å². The maximum Gasteiger partial charge on any atom is 0.241 e. The molecular formula is C9H16N4O. The van der Waals surface area contributed by atoms with Crippen LogP contribution in [0.4, 0.5) is 5.69 Å². The van der Waals surface area contributed by atoms with Crippen molar-refractivity contribution in [3.63, 3.8) is 0 Å². The molecule has 0 bridgehead atoms. The number of carbonyl (C=O) groups excluding carboxylic acids is 1. The summed E-state index contributed by atoms with van der Waals surface area (Å²) in [5.41, 5.74) is 6.04. The Labute approximate surface area is 83.3 Å². The second kappa shape index (κ2) is 4.64. The van der Waals surface area contributed by atoms with Crippen LogP contribution in [0.3, 0.4) is 0 Å². The molecule has 1 rings (SSSR count). The van der Waals surface area contributed by atoms with E-state index < -0.39 is 0 Å². The maximum atomic E-state index is 11.4. The number of carbonyl (C=O) groups is 1. The first-order valence-electron chi connectivity index (χ1n) is 4.69. The summed E-state index contributed by atoms with van der Waals surface area (Å²) < 4.78 is 1.52. The first-order chi connectivity index (χ1) is 6.61. The van der Waals surface area contributed by atoms with Crippen LogP contribution in [0.2, 0.25) is 0 Å². The van der Waals surface area contributed by atoms with Gasteiger partial charge in [-0.2, -0.15) is 5.10 Å². The van der Waals surface area contributed by atoms with Gasteiger partial charge in [0.25, 0.3) is 0 Å². The zero-order valence-electron chi connectivity index (χ0n) is 8.53. The van der Waals surface area contributed by atoms with Gasteiger partial charge in [-0.3, -0.25) is 9.48 Å². The Morgan fingerprint density at radius 2 is 2.50 bits per heavy atom. The van der Waals surface area contributed by atoms with Crippen molar-refractivity contribution in [2.45, 2.75) is 32.9 Å². The molecule has 1 atom stereocenters. The Hall–Kier alpha value is -1.52. The van der Waals surface area contributed by atoms with Crippen molar-refractivity contribution in [3.05, 3.63) is 12.4 Å². The smallest absolute Gasteiger partial charge is 0.241 e. The molecule has 0 radical (unpaired) electrons. The molecule has 0 aliphatic carbocycles. The van der Waals surface area contributed by atoms with Crippen molar-refractivity contribution < 1.29 is 4.79 Å². The van der Waals surface area contributed by atoms with Gasteiger partial charge in [-0.15, -0.1) is 0 Å². The topological polar surface area (TPSA) is 72.9 Å². The van der Waals surface area contributed by atoms with E-state index in [4.69, 9.17) is 5.73 Å². The molecule has 5 nitrogen and oxygen atoms in total. The molecule has 1 unspecified atom stereocenters. The fourth-order valence-electron chi connectivity index (χ4n) is 1.04. The van der Waals surface area contributed by atoms with Gasteiger partial charge in [-0.1, -0.05) is 6.92 Å². The second-order valence-corrected chi connectivity index (χ2v) is 3.35. The number of hydrogen-bond donors (Lipinski definition) is 2. The zero-order chi connectivity index (χ0) is 10.6. The minimum absolute atomic E-state index is 0.0394. The van der Waals surface area contributed by atoms with E-state index in [1.165, 1.54) is 10.9 Å². The monoisotopic (exact) mass is 196 g/mol. The molecule has 0 aliphatic heterocycles. The molecule has 5 heteroatoms. The number of rotatable bonds is 4. The van der Waals surface area contributed by atoms with Crippen LogP contribution >= 0.6 is 0 Å². The van der Waals surface area contributed by atoms with Crippen LogP contribution in [0.25, 0.3) is 0 Å². The van der Waals surface area contributed by atoms with Crippen molar-refractivity contribution >= 4 is 11.6 Å². The van der Waals surface area contributed by atoms with Gasteiger partial charge < -0.3 is 11.1 Å². The Bertz CT molecular complexity index is 308. The van der Waals surface area contributed by atoms with Crippen molar-refractivity contribution in [2.75, 3.05) is 5.73 Å². The third kappa shape index (κ3) is 3.08. The van der Waals surface area contributed by atoms with Crippen molar-refractivity contribution in [1.29, 1.82) is 0 Å². The highest BCUT2D eigenvalue weighted by molar-refractivity contribution is 5.75. The second-order valence-electron chi connectivity index (χ2n) is 3.35. The molecule has 14 heavy (non-hydrogen) atoms. The largest absolute Gasteiger partial charge is 0.396 e. The van der Waals surface area contributed by atoms with Crippen LogP contribution in [0, 0.1) is 0 Å². The molecule has 0 aromatic carbocycles. The van der Waals surface area contributed by atoms with Crippen LogP contribution in [-0.4, -0.2) is 21.7 Å². The van der Waals surface area contributed by atoms with Crippen LogP contribution in [0.5, 0.6) is 0 Å². The van der Waals surface area contributed by atoms with Gasteiger partial charge in [0.15, 0.2) is 0 Å². The molecule has 0 spiro atoms. The van der Waals surface area contributed by atoms with Gasteiger partial charge in [0.05, 0.1) is 11.9 Å². The highest BCUT2D eigenvalue weighted by atomic mass is 16.2. The molecule has 0 saturated heterocycles. The van der Waals surface area contributed by atoms with Crippen molar-refractivity contribution in [1.82, 2.24) is 15.1 Å². The van der Waals surface area contributed by atoms with Crippen LogP contribution < -0.4 is 11.1 Å². The molecule has 1 amide bonds. The summed E-state index contributed by atoms with van der Waals surface area (Å²) in [7, 11) is 0. The maximum absolute atomic E-state index is 11.4. The van der Waals surface area contributed by atoms with E-state index in [0.29, 0.717) is 5.69 Å². The van der Waals surface area contributed by atoms with Crippen LogP contribution in [-0.2, 0) is 11.3 Å². The number of nitrogen functional groups attached to an aromatic ring is 1. The third-order valence-electron chi connectivity index (χ3n) is 1.98. The molecule has 0 fully saturated rings. The fourth-order valence-corrected chi connectivity index (χ4v) is 1.04. The molecule has 78 valence electrons. The van der Waals surface area contributed by atoms with E-state index in [2.05, 4.69) is 10.4 Å². The number of nitrogens with one attached hydrogen (secondary N) is 1. The number of nitrogens with two attached hydrogens (primary N) is 1. The molecule has 1 aromatic rings. The summed E-state index contributed by atoms with van der Waals surface area (Å²) in [6.45, 7) is 4.22. The lowest BCUT2D eigenvalue weighted by molar-refractivity contribution is -0.122. The Morgan fingerprint density at radius 1 is 1.79 bits per heavy atom. The van der Waals surface area contributed by atoms with Crippen LogP contribution in [0.15, 0.2) is 12.4 Å². The van der Waals surface area contributed by atoms with E-state index in [1.807, 2.05) is 13.8 Å². The Morgan fingerprint density at radius 3 is 3.00 bits per heavy atom. The molecule has 0 aliphatic rings. The number of nitrogens with zero attached hydrogens (tertiary/aromatic N) is 2. The van der Waals surface area contributed by atoms with Gasteiger partial charge in [0.1, 0.15) is 6.54 Å². The molecule has 0 saturated carbocycles. The lowest BCUT2D eigenvalue weighted by Crippen LogP contribution is -2.34. The van der Waals surface area contributed by atoms with Crippen molar-refractivity contribution in [3.8, 4) is 0 Å². The highest BCUT2D eigenvalue weighted by Crippen LogP contribution is 1.97. The first kappa shape index (κ1) is 10.6. The van der Waals surface area contributed by atoms with Crippen LogP contribution in [0.1, 0.15) is 20.3 Å². The number of hydrogen-bond acceptors (Lipinski definition) is 3. The third-order valence-corrected chi connectivity index (χ3v) is 1.98. The van der Waals surface area contributed by atoms with Gasteiger partial charge in [-0.05, 0) is 13.3 Å². The van der Waals surface area contributed by atoms with Gasteiger partial charge in [-0.25, -0.2) is 0 Å². The number of amides is 1. The number of aromatic nitrogens is 2. The van der Waals surface area contributed by atoms with Gasteiger partial charge >= 0.3 is 0 Å². The van der Waals surface area contributed by atoms with Gasteiger partial charge in [0, 0.05) is 12.2 Å². The van der Waals surface area contributed by atoms with E-state index in [0.717, 1.165) is 6.42 Å². The molecule has 1 aromatic heterocycles. The predicted octanol–water partition coefficient (Wildman–Crippen LogP) is 0.380. The van der Waals surface area contributed by atoms with Crippen molar-refractivity contribution in [2.24, 2.45) is 0 Å². The quantitative estimate of drug-likeness (QED) is 0.731. The summed E-state index contributed by atoms with van der Waals surface area (Å²) in [5, 5.41) is 6.77. The Balaban J connectivity index is 2.41. The standard InChI is InChI=1S/C9H16N4O/c1-3-7(2)12-9(14)6-13-5-8(10)4-11-13/h4-5,7H,3,6,10H2,1-2H3,(H,12,14). The minimum Gasteiger partial charge on any atom is -0.396 e. The first-order valence-corrected chi connectivity index (χ1v) is 4.69. The van der Waals surface area contributed by atoms with Gasteiger partial charge in [0.2, 0.25) is 5.91 Å². The summed E-state index contributed by atoms with van der Waals surface area (Å²) >= 11 is 0. The van der Waals surface area contributed by atoms with E-state index >= 15 is 0 Å². The molecular weight excluding hydrogens is 180 g/mol. The normalized spacial score (nSPS) is 12.4. The van der Waals surface area contributed by atoms with E-state index in [-0.39, 0.29) is 18.5 Å². The summed E-state index contributed by atoms with van der Waals surface area (Å²) in [5.74, 6) is -0.0394. The summed E-state index contributed by atoms with van der Waals surface area (Å²) in [4.78, 5) is 11.4. The number of anilines is 1.